The molecule has 1 N–H and O–H groups in total. The molecule has 24 heavy (non-hydrogen) atoms. The Labute approximate surface area is 145 Å². The maximum Gasteiger partial charge on any atom is 0.278 e. The smallest absolute Gasteiger partial charge is 0.278 e. The first-order chi connectivity index (χ1) is 11.5. The SMILES string of the molecule is CCN1C(=O)C(Nc2ccccc2C)=C(c2ccc(Cl)cc2)C1=O. The molecule has 0 bridgehead atoms. The van der Waals surface area contributed by atoms with Gasteiger partial charge in [0.2, 0.25) is 0 Å². The molecule has 0 radical (unpaired) electrons. The van der Waals surface area contributed by atoms with Crippen LogP contribution in [0, 0.1) is 6.92 Å². The van der Waals surface area contributed by atoms with Crippen molar-refractivity contribution in [2.24, 2.45) is 0 Å². The summed E-state index contributed by atoms with van der Waals surface area (Å²) in [5.41, 5.74) is 3.15. The molecule has 1 heterocycles. The summed E-state index contributed by atoms with van der Waals surface area (Å²) in [6, 6.07) is 14.6. The molecule has 1 aliphatic heterocycles. The molecule has 0 fully saturated rings. The molecular weight excluding hydrogens is 324 g/mol. The largest absolute Gasteiger partial charge is 0.350 e. The monoisotopic (exact) mass is 340 g/mol. The number of hydrogen-bond donors (Lipinski definition) is 1. The lowest BCUT2D eigenvalue weighted by molar-refractivity contribution is -0.136. The molecule has 0 saturated carbocycles. The number of carbonyl (C=O) groups excluding carboxylic acids is 2. The molecule has 0 spiro atoms. The van der Waals surface area contributed by atoms with Crippen molar-refractivity contribution >= 4 is 34.7 Å². The van der Waals surface area contributed by atoms with Gasteiger partial charge in [-0.1, -0.05) is 41.9 Å². The molecule has 1 aliphatic rings. The third-order valence-electron chi connectivity index (χ3n) is 4.02. The number of nitrogens with one attached hydrogen (secondary N) is 1. The van der Waals surface area contributed by atoms with Gasteiger partial charge in [-0.2, -0.15) is 0 Å². The lowest BCUT2D eigenvalue weighted by Crippen LogP contribution is -2.32. The Morgan fingerprint density at radius 1 is 1.00 bits per heavy atom. The van der Waals surface area contributed by atoms with Crippen LogP contribution < -0.4 is 5.32 Å². The number of benzene rings is 2. The average Bonchev–Trinajstić information content (AvgIpc) is 2.81. The van der Waals surface area contributed by atoms with Crippen molar-refractivity contribution in [3.63, 3.8) is 0 Å². The summed E-state index contributed by atoms with van der Waals surface area (Å²) in [4.78, 5) is 26.6. The molecule has 2 aromatic rings. The van der Waals surface area contributed by atoms with E-state index >= 15 is 0 Å². The van der Waals surface area contributed by atoms with E-state index in [0.29, 0.717) is 28.4 Å². The number of amides is 2. The maximum atomic E-state index is 12.7. The van der Waals surface area contributed by atoms with Crippen LogP contribution in [0.2, 0.25) is 5.02 Å². The Balaban J connectivity index is 2.11. The van der Waals surface area contributed by atoms with Crippen molar-refractivity contribution in [2.45, 2.75) is 13.8 Å². The molecule has 2 aromatic carbocycles. The van der Waals surface area contributed by atoms with Crippen LogP contribution in [0.25, 0.3) is 5.57 Å². The summed E-state index contributed by atoms with van der Waals surface area (Å²) >= 11 is 5.93. The van der Waals surface area contributed by atoms with Gasteiger partial charge in [0.05, 0.1) is 5.57 Å². The summed E-state index contributed by atoms with van der Waals surface area (Å²) in [5.74, 6) is -0.600. The molecule has 0 saturated heterocycles. The van der Waals surface area contributed by atoms with Crippen LogP contribution >= 0.6 is 11.6 Å². The number of anilines is 1. The maximum absolute atomic E-state index is 12.7. The lowest BCUT2D eigenvalue weighted by atomic mass is 10.0. The van der Waals surface area contributed by atoms with Crippen LogP contribution in [0.4, 0.5) is 5.69 Å². The Morgan fingerprint density at radius 3 is 2.29 bits per heavy atom. The highest BCUT2D eigenvalue weighted by Gasteiger charge is 2.38. The first kappa shape index (κ1) is 16.3. The molecule has 2 amide bonds. The zero-order valence-corrected chi connectivity index (χ0v) is 14.2. The number of para-hydroxylation sites is 1. The fraction of sp³-hybridized carbons (Fsp3) is 0.158. The van der Waals surface area contributed by atoms with Crippen LogP contribution in [0.3, 0.4) is 0 Å². The first-order valence-electron chi connectivity index (χ1n) is 7.72. The van der Waals surface area contributed by atoms with Gasteiger partial charge in [-0.15, -0.1) is 0 Å². The van der Waals surface area contributed by atoms with Gasteiger partial charge in [0.15, 0.2) is 0 Å². The fourth-order valence-corrected chi connectivity index (χ4v) is 2.84. The predicted molar refractivity (Wildman–Crippen MR) is 95.6 cm³/mol. The van der Waals surface area contributed by atoms with Gasteiger partial charge in [0.25, 0.3) is 11.8 Å². The van der Waals surface area contributed by atoms with Gasteiger partial charge in [-0.05, 0) is 43.2 Å². The molecule has 122 valence electrons. The van der Waals surface area contributed by atoms with E-state index < -0.39 is 0 Å². The number of aryl methyl sites for hydroxylation is 1. The molecule has 4 nitrogen and oxygen atoms in total. The molecule has 3 rings (SSSR count). The zero-order chi connectivity index (χ0) is 17.3. The quantitative estimate of drug-likeness (QED) is 0.860. The Bertz CT molecular complexity index is 841. The topological polar surface area (TPSA) is 49.4 Å². The molecule has 0 unspecified atom stereocenters. The number of imide groups is 1. The zero-order valence-electron chi connectivity index (χ0n) is 13.5. The van der Waals surface area contributed by atoms with Crippen LogP contribution in [-0.4, -0.2) is 23.3 Å². The van der Waals surface area contributed by atoms with Crippen LogP contribution in [0.1, 0.15) is 18.1 Å². The highest BCUT2D eigenvalue weighted by atomic mass is 35.5. The third-order valence-corrected chi connectivity index (χ3v) is 4.27. The molecular formula is C19H17ClN2O2. The van der Waals surface area contributed by atoms with E-state index in [-0.39, 0.29) is 11.8 Å². The van der Waals surface area contributed by atoms with Gasteiger partial charge in [-0.3, -0.25) is 14.5 Å². The first-order valence-corrected chi connectivity index (χ1v) is 8.09. The second-order valence-corrected chi connectivity index (χ2v) is 5.99. The fourth-order valence-electron chi connectivity index (χ4n) is 2.71. The second-order valence-electron chi connectivity index (χ2n) is 5.55. The number of nitrogens with zero attached hydrogens (tertiary/aromatic N) is 1. The highest BCUT2D eigenvalue weighted by Crippen LogP contribution is 2.31. The van der Waals surface area contributed by atoms with Gasteiger partial charge < -0.3 is 5.32 Å². The van der Waals surface area contributed by atoms with E-state index in [1.165, 1.54) is 4.90 Å². The van der Waals surface area contributed by atoms with Gasteiger partial charge >= 0.3 is 0 Å². The lowest BCUT2D eigenvalue weighted by Gasteiger charge is -2.12. The summed E-state index contributed by atoms with van der Waals surface area (Å²) in [6.07, 6.45) is 0. The average molecular weight is 341 g/mol. The number of carbonyl (C=O) groups is 2. The van der Waals surface area contributed by atoms with Crippen molar-refractivity contribution in [3.8, 4) is 0 Å². The van der Waals surface area contributed by atoms with Crippen molar-refractivity contribution < 1.29 is 9.59 Å². The minimum Gasteiger partial charge on any atom is -0.350 e. The van der Waals surface area contributed by atoms with Gasteiger partial charge in [0.1, 0.15) is 5.70 Å². The molecule has 0 atom stereocenters. The standard InChI is InChI=1S/C19H17ClN2O2/c1-3-22-18(23)16(13-8-10-14(20)11-9-13)17(19(22)24)21-15-7-5-4-6-12(15)2/h4-11,21H,3H2,1-2H3. The highest BCUT2D eigenvalue weighted by molar-refractivity contribution is 6.36. The minimum absolute atomic E-state index is 0.291. The van der Waals surface area contributed by atoms with E-state index in [4.69, 9.17) is 11.6 Å². The van der Waals surface area contributed by atoms with E-state index in [1.807, 2.05) is 31.2 Å². The number of likely N-dealkylation sites (N-methyl/N-ethyl adjacent to an activating group) is 1. The molecule has 0 aromatic heterocycles. The summed E-state index contributed by atoms with van der Waals surface area (Å²) in [7, 11) is 0. The number of halogens is 1. The minimum atomic E-state index is -0.310. The Morgan fingerprint density at radius 2 is 1.67 bits per heavy atom. The number of rotatable bonds is 4. The molecule has 0 aliphatic carbocycles. The summed E-state index contributed by atoms with van der Waals surface area (Å²) in [6.45, 7) is 4.06. The Hall–Kier alpha value is -2.59. The predicted octanol–water partition coefficient (Wildman–Crippen LogP) is 3.86. The summed E-state index contributed by atoms with van der Waals surface area (Å²) < 4.78 is 0. The van der Waals surface area contributed by atoms with Crippen LogP contribution in [-0.2, 0) is 9.59 Å². The van der Waals surface area contributed by atoms with Crippen molar-refractivity contribution in [3.05, 3.63) is 70.4 Å². The van der Waals surface area contributed by atoms with Crippen LogP contribution in [0.15, 0.2) is 54.2 Å². The summed E-state index contributed by atoms with van der Waals surface area (Å²) in [5, 5.41) is 3.73. The Kier molecular flexibility index (Phi) is 4.40. The number of hydrogen-bond acceptors (Lipinski definition) is 3. The van der Waals surface area contributed by atoms with Crippen molar-refractivity contribution in [1.29, 1.82) is 0 Å². The van der Waals surface area contributed by atoms with E-state index in [2.05, 4.69) is 5.32 Å². The van der Waals surface area contributed by atoms with Crippen molar-refractivity contribution in [2.75, 3.05) is 11.9 Å². The molecule has 5 heteroatoms. The van der Waals surface area contributed by atoms with E-state index in [9.17, 15) is 9.59 Å². The van der Waals surface area contributed by atoms with E-state index in [0.717, 1.165) is 11.3 Å². The van der Waals surface area contributed by atoms with Crippen LogP contribution in [0.5, 0.6) is 0 Å². The van der Waals surface area contributed by atoms with Gasteiger partial charge in [-0.25, -0.2) is 0 Å². The van der Waals surface area contributed by atoms with Crippen molar-refractivity contribution in [1.82, 2.24) is 4.90 Å². The van der Waals surface area contributed by atoms with E-state index in [1.54, 1.807) is 31.2 Å². The third kappa shape index (κ3) is 2.81. The van der Waals surface area contributed by atoms with Gasteiger partial charge in [0, 0.05) is 17.3 Å². The second kappa shape index (κ2) is 6.49. The normalized spacial score (nSPS) is 14.5.